The van der Waals surface area contributed by atoms with Crippen LogP contribution in [0, 0.1) is 0 Å². The van der Waals surface area contributed by atoms with Gasteiger partial charge in [0.1, 0.15) is 0 Å². The van der Waals surface area contributed by atoms with Gasteiger partial charge >= 0.3 is 0 Å². The summed E-state index contributed by atoms with van der Waals surface area (Å²) in [5.41, 5.74) is 3.04. The minimum absolute atomic E-state index is 0.0792. The molecule has 6 nitrogen and oxygen atoms in total. The van der Waals surface area contributed by atoms with Gasteiger partial charge in [0, 0.05) is 17.6 Å². The van der Waals surface area contributed by atoms with Crippen LogP contribution in [-0.4, -0.2) is 32.4 Å². The van der Waals surface area contributed by atoms with Crippen LogP contribution in [0.15, 0.2) is 27.6 Å². The van der Waals surface area contributed by atoms with E-state index in [9.17, 15) is 13.2 Å². The molecule has 0 radical (unpaired) electrons. The third-order valence-corrected chi connectivity index (χ3v) is 4.73. The first-order valence-corrected chi connectivity index (χ1v) is 8.60. The summed E-state index contributed by atoms with van der Waals surface area (Å²) in [6.07, 6.45) is 3.24. The van der Waals surface area contributed by atoms with Crippen LogP contribution in [0.1, 0.15) is 29.6 Å². The molecular formula is C12H16BrN3O3S. The third-order valence-electron chi connectivity index (χ3n) is 3.13. The number of carbonyl (C=O) groups excluding carboxylic acids is 1. The molecule has 0 atom stereocenters. The molecule has 1 aliphatic rings. The number of primary sulfonamides is 1. The van der Waals surface area contributed by atoms with E-state index in [0.717, 1.165) is 32.4 Å². The molecule has 0 bridgehead atoms. The van der Waals surface area contributed by atoms with Crippen LogP contribution in [-0.2, 0) is 10.0 Å². The number of sulfonamides is 1. The lowest BCUT2D eigenvalue weighted by Crippen LogP contribution is -2.45. The van der Waals surface area contributed by atoms with E-state index in [2.05, 4.69) is 21.4 Å². The summed E-state index contributed by atoms with van der Waals surface area (Å²) >= 11 is 3.25. The first-order chi connectivity index (χ1) is 9.38. The monoisotopic (exact) mass is 361 g/mol. The van der Waals surface area contributed by atoms with E-state index in [1.165, 1.54) is 18.2 Å². The third kappa shape index (κ3) is 3.78. The van der Waals surface area contributed by atoms with Crippen LogP contribution in [0.4, 0.5) is 0 Å². The summed E-state index contributed by atoms with van der Waals surface area (Å²) in [6.45, 7) is 1.61. The summed E-state index contributed by atoms with van der Waals surface area (Å²) < 4.78 is 23.2. The van der Waals surface area contributed by atoms with Crippen molar-refractivity contribution in [2.75, 3.05) is 13.1 Å². The van der Waals surface area contributed by atoms with Crippen molar-refractivity contribution in [1.82, 2.24) is 10.4 Å². The van der Waals surface area contributed by atoms with E-state index < -0.39 is 10.0 Å². The highest BCUT2D eigenvalue weighted by Crippen LogP contribution is 2.20. The van der Waals surface area contributed by atoms with Crippen molar-refractivity contribution in [1.29, 1.82) is 0 Å². The summed E-state index contributed by atoms with van der Waals surface area (Å²) in [6, 6.07) is 4.14. The second kappa shape index (κ2) is 6.21. The van der Waals surface area contributed by atoms with Crippen molar-refractivity contribution in [3.05, 3.63) is 28.2 Å². The van der Waals surface area contributed by atoms with E-state index in [1.54, 1.807) is 0 Å². The average Bonchev–Trinajstić information content (AvgIpc) is 2.39. The molecule has 1 fully saturated rings. The number of piperidine rings is 1. The number of hydrogen-bond donors (Lipinski definition) is 2. The number of benzene rings is 1. The summed E-state index contributed by atoms with van der Waals surface area (Å²) in [7, 11) is -3.82. The normalized spacial score (nSPS) is 16.9. The second-order valence-corrected chi connectivity index (χ2v) is 7.09. The molecule has 1 aromatic carbocycles. The number of nitrogens with one attached hydrogen (secondary N) is 1. The zero-order valence-corrected chi connectivity index (χ0v) is 13.2. The molecular weight excluding hydrogens is 346 g/mol. The van der Waals surface area contributed by atoms with E-state index in [1.807, 2.05) is 5.01 Å². The molecule has 1 heterocycles. The van der Waals surface area contributed by atoms with Gasteiger partial charge in [-0.05, 0) is 47.0 Å². The smallest absolute Gasteiger partial charge is 0.266 e. The van der Waals surface area contributed by atoms with E-state index >= 15 is 0 Å². The molecule has 2 rings (SSSR count). The molecule has 0 unspecified atom stereocenters. The lowest BCUT2D eigenvalue weighted by atomic mass is 10.1. The average molecular weight is 362 g/mol. The first-order valence-electron chi connectivity index (χ1n) is 6.26. The fourth-order valence-corrected chi connectivity index (χ4v) is 3.03. The van der Waals surface area contributed by atoms with Gasteiger partial charge < -0.3 is 0 Å². The Balaban J connectivity index is 2.20. The number of carbonyl (C=O) groups is 1. The van der Waals surface area contributed by atoms with Crippen molar-refractivity contribution in [2.45, 2.75) is 24.2 Å². The zero-order chi connectivity index (χ0) is 14.8. The minimum Gasteiger partial charge on any atom is -0.285 e. The molecule has 0 aliphatic carbocycles. The van der Waals surface area contributed by atoms with Gasteiger partial charge in [-0.25, -0.2) is 18.6 Å². The Morgan fingerprint density at radius 3 is 2.50 bits per heavy atom. The first kappa shape index (κ1) is 15.4. The SMILES string of the molecule is NS(=O)(=O)c1ccc(Br)c(C(=O)NN2CCCCC2)c1. The summed E-state index contributed by atoms with van der Waals surface area (Å²) in [5, 5.41) is 6.92. The molecule has 20 heavy (non-hydrogen) atoms. The van der Waals surface area contributed by atoms with E-state index in [-0.39, 0.29) is 16.4 Å². The molecule has 0 aromatic heterocycles. The van der Waals surface area contributed by atoms with Crippen LogP contribution in [0.2, 0.25) is 0 Å². The fraction of sp³-hybridized carbons (Fsp3) is 0.417. The summed E-state index contributed by atoms with van der Waals surface area (Å²) in [5.74, 6) is -0.343. The highest BCUT2D eigenvalue weighted by Gasteiger charge is 2.18. The Morgan fingerprint density at radius 1 is 1.25 bits per heavy atom. The Kier molecular flexibility index (Phi) is 4.79. The minimum atomic E-state index is -3.82. The molecule has 1 aromatic rings. The van der Waals surface area contributed by atoms with Crippen molar-refractivity contribution >= 4 is 31.9 Å². The predicted molar refractivity (Wildman–Crippen MR) is 78.4 cm³/mol. The molecule has 3 N–H and O–H groups in total. The van der Waals surface area contributed by atoms with E-state index in [0.29, 0.717) is 4.47 Å². The Morgan fingerprint density at radius 2 is 1.90 bits per heavy atom. The van der Waals surface area contributed by atoms with Gasteiger partial charge in [0.15, 0.2) is 0 Å². The number of nitrogens with two attached hydrogens (primary N) is 1. The zero-order valence-electron chi connectivity index (χ0n) is 10.8. The quantitative estimate of drug-likeness (QED) is 0.846. The number of amides is 1. The maximum atomic E-state index is 12.2. The van der Waals surface area contributed by atoms with Gasteiger partial charge in [0.2, 0.25) is 10.0 Å². The van der Waals surface area contributed by atoms with Gasteiger partial charge in [0.25, 0.3) is 5.91 Å². The summed E-state index contributed by atoms with van der Waals surface area (Å²) in [4.78, 5) is 12.1. The number of rotatable bonds is 3. The van der Waals surface area contributed by atoms with Gasteiger partial charge in [-0.15, -0.1) is 0 Å². The highest BCUT2D eigenvalue weighted by molar-refractivity contribution is 9.10. The standard InChI is InChI=1S/C12H16BrN3O3S/c13-11-5-4-9(20(14,18)19)8-10(11)12(17)15-16-6-2-1-3-7-16/h4-5,8H,1-3,6-7H2,(H,15,17)(H2,14,18,19). The Bertz CT molecular complexity index is 612. The van der Waals surface area contributed by atoms with Crippen LogP contribution >= 0.6 is 15.9 Å². The van der Waals surface area contributed by atoms with Crippen molar-refractivity contribution < 1.29 is 13.2 Å². The van der Waals surface area contributed by atoms with Crippen molar-refractivity contribution in [3.63, 3.8) is 0 Å². The van der Waals surface area contributed by atoms with Gasteiger partial charge in [-0.1, -0.05) is 6.42 Å². The van der Waals surface area contributed by atoms with Crippen LogP contribution in [0.3, 0.4) is 0 Å². The maximum absolute atomic E-state index is 12.2. The van der Waals surface area contributed by atoms with Crippen LogP contribution in [0.25, 0.3) is 0 Å². The molecule has 110 valence electrons. The maximum Gasteiger partial charge on any atom is 0.266 e. The van der Waals surface area contributed by atoms with Gasteiger partial charge in [0.05, 0.1) is 10.5 Å². The molecule has 0 spiro atoms. The molecule has 1 saturated heterocycles. The van der Waals surface area contributed by atoms with E-state index in [4.69, 9.17) is 5.14 Å². The number of hydrazine groups is 1. The lowest BCUT2D eigenvalue weighted by molar-refractivity contribution is 0.0749. The van der Waals surface area contributed by atoms with Crippen molar-refractivity contribution in [2.24, 2.45) is 5.14 Å². The van der Waals surface area contributed by atoms with Crippen molar-refractivity contribution in [3.8, 4) is 0 Å². The largest absolute Gasteiger partial charge is 0.285 e. The molecule has 1 aliphatic heterocycles. The topological polar surface area (TPSA) is 92.5 Å². The number of halogens is 1. The molecule has 8 heteroatoms. The number of hydrogen-bond acceptors (Lipinski definition) is 4. The second-order valence-electron chi connectivity index (χ2n) is 4.68. The molecule has 1 amide bonds. The highest BCUT2D eigenvalue weighted by atomic mass is 79.9. The Hall–Kier alpha value is -0.960. The fourth-order valence-electron chi connectivity index (χ4n) is 2.06. The lowest BCUT2D eigenvalue weighted by Gasteiger charge is -2.27. The predicted octanol–water partition coefficient (Wildman–Crippen LogP) is 1.23. The Labute approximate surface area is 126 Å². The van der Waals surface area contributed by atoms with Gasteiger partial charge in [-0.3, -0.25) is 10.2 Å². The van der Waals surface area contributed by atoms with Crippen LogP contribution < -0.4 is 10.6 Å². The van der Waals surface area contributed by atoms with Crippen LogP contribution in [0.5, 0.6) is 0 Å². The molecule has 0 saturated carbocycles. The van der Waals surface area contributed by atoms with Gasteiger partial charge in [-0.2, -0.15) is 0 Å². The number of nitrogens with zero attached hydrogens (tertiary/aromatic N) is 1.